The summed E-state index contributed by atoms with van der Waals surface area (Å²) < 4.78 is 21.6. The van der Waals surface area contributed by atoms with Crippen molar-refractivity contribution in [2.75, 3.05) is 13.7 Å². The Balaban J connectivity index is 2.01. The molecule has 7 atom stereocenters. The minimum Gasteiger partial charge on any atom is -0.490 e. The summed E-state index contributed by atoms with van der Waals surface area (Å²) in [5.74, 6) is 1.39. The van der Waals surface area contributed by atoms with Gasteiger partial charge in [-0.15, -0.1) is 0 Å². The van der Waals surface area contributed by atoms with Gasteiger partial charge >= 0.3 is 5.97 Å². The summed E-state index contributed by atoms with van der Waals surface area (Å²) in [6.07, 6.45) is 9.12. The van der Waals surface area contributed by atoms with Crippen LogP contribution in [0.5, 0.6) is 5.75 Å². The number of allylic oxidation sites excluding steroid dienone is 1. The number of ether oxygens (including phenoxy) is 2. The summed E-state index contributed by atoms with van der Waals surface area (Å²) in [6, 6.07) is 7.27. The van der Waals surface area contributed by atoms with Crippen molar-refractivity contribution in [2.45, 2.75) is 32.0 Å². The Labute approximate surface area is 182 Å². The van der Waals surface area contributed by atoms with Crippen molar-refractivity contribution in [3.8, 4) is 5.75 Å². The minimum atomic E-state index is -0.337. The van der Waals surface area contributed by atoms with Crippen molar-refractivity contribution in [2.24, 2.45) is 17.8 Å². The highest BCUT2D eigenvalue weighted by atomic mass is 35.5. The summed E-state index contributed by atoms with van der Waals surface area (Å²) >= 11 is 5.99. The van der Waals surface area contributed by atoms with Crippen molar-refractivity contribution in [1.29, 1.82) is 0 Å². The summed E-state index contributed by atoms with van der Waals surface area (Å²) in [6.45, 7) is 2.58. The van der Waals surface area contributed by atoms with E-state index in [0.29, 0.717) is 29.2 Å². The second-order valence-electron chi connectivity index (χ2n) is 7.12. The van der Waals surface area contributed by atoms with Crippen LogP contribution in [0.25, 0.3) is 0 Å². The number of carbonyl (C=O) groups excluding carboxylic acids is 1. The zero-order valence-electron chi connectivity index (χ0n) is 16.7. The fraction of sp³-hybridized carbons (Fsp3) is 0.476. The Bertz CT molecular complexity index is 712. The molecule has 2 rings (SSSR count). The van der Waals surface area contributed by atoms with Gasteiger partial charge in [-0.2, -0.15) is 0 Å². The lowest BCUT2D eigenvalue weighted by Gasteiger charge is -2.22. The molecule has 5 nitrogen and oxygen atoms in total. The van der Waals surface area contributed by atoms with Crippen LogP contribution < -0.4 is 4.74 Å². The molecule has 0 radical (unpaired) electrons. The number of esters is 1. The molecule has 0 saturated heterocycles. The molecule has 0 spiro atoms. The van der Waals surface area contributed by atoms with Crippen LogP contribution in [0.1, 0.15) is 19.8 Å². The number of benzene rings is 1. The molecule has 0 aliphatic heterocycles. The molecule has 160 valence electrons. The predicted octanol–water partition coefficient (Wildman–Crippen LogP) is 5.02. The quantitative estimate of drug-likeness (QED) is 0.213. The average Bonchev–Trinajstić information content (AvgIpc) is 3.02. The zero-order chi connectivity index (χ0) is 21.2. The third kappa shape index (κ3) is 7.66. The van der Waals surface area contributed by atoms with Crippen LogP contribution in [0.2, 0.25) is 5.02 Å². The molecule has 4 unspecified atom stereocenters. The van der Waals surface area contributed by atoms with E-state index in [1.165, 1.54) is 13.2 Å². The minimum absolute atomic E-state index is 0.0989. The van der Waals surface area contributed by atoms with Crippen LogP contribution in [0.3, 0.4) is 0 Å². The molecule has 29 heavy (non-hydrogen) atoms. The van der Waals surface area contributed by atoms with Gasteiger partial charge in [-0.05, 0) is 42.9 Å². The highest BCUT2D eigenvalue weighted by Crippen LogP contribution is 2.42. The number of rotatable bonds is 10. The van der Waals surface area contributed by atoms with Crippen molar-refractivity contribution < 1.29 is 23.3 Å². The smallest absolute Gasteiger partial charge is 0.330 e. The Morgan fingerprint density at radius 1 is 1.38 bits per heavy atom. The molecule has 1 saturated carbocycles. The lowest BCUT2D eigenvalue weighted by atomic mass is 9.86. The van der Waals surface area contributed by atoms with Crippen molar-refractivity contribution in [1.82, 2.24) is 0 Å². The van der Waals surface area contributed by atoms with Crippen LogP contribution in [0.15, 0.2) is 48.6 Å². The molecular weight excluding hydrogens is 430 g/mol. The third-order valence-electron chi connectivity index (χ3n) is 5.23. The molecular formula is C21H29ClO5P2. The van der Waals surface area contributed by atoms with Gasteiger partial charge in [-0.3, -0.25) is 0 Å². The van der Waals surface area contributed by atoms with Crippen molar-refractivity contribution >= 4 is 36.5 Å². The molecule has 1 aliphatic rings. The normalized spacial score (nSPS) is 25.6. The van der Waals surface area contributed by atoms with E-state index in [1.807, 2.05) is 24.3 Å². The number of hydrogen-bond acceptors (Lipinski definition) is 5. The van der Waals surface area contributed by atoms with Gasteiger partial charge in [0.1, 0.15) is 18.5 Å². The van der Waals surface area contributed by atoms with E-state index in [4.69, 9.17) is 25.4 Å². The Kier molecular flexibility index (Phi) is 10.6. The van der Waals surface area contributed by atoms with Gasteiger partial charge in [-0.25, -0.2) is 4.79 Å². The topological polar surface area (TPSA) is 54.0 Å². The molecule has 0 amide bonds. The Morgan fingerprint density at radius 3 is 2.83 bits per heavy atom. The maximum absolute atomic E-state index is 11.3. The van der Waals surface area contributed by atoms with E-state index in [9.17, 15) is 4.79 Å². The van der Waals surface area contributed by atoms with E-state index in [1.54, 1.807) is 12.1 Å². The van der Waals surface area contributed by atoms with Gasteiger partial charge in [0.25, 0.3) is 0 Å². The monoisotopic (exact) mass is 458 g/mol. The SMILES string of the molecule is COC(=O)/C=C\C[C@H]1[C@@H](C)CC(OP)[C@@H]1/C=C/C(COc1cccc(Cl)c1)OP. The van der Waals surface area contributed by atoms with Gasteiger partial charge in [0.05, 0.1) is 13.2 Å². The van der Waals surface area contributed by atoms with E-state index in [0.717, 1.165) is 12.8 Å². The summed E-state index contributed by atoms with van der Waals surface area (Å²) in [4.78, 5) is 11.3. The molecule has 1 aromatic rings. The number of hydrogen-bond donors (Lipinski definition) is 0. The largest absolute Gasteiger partial charge is 0.490 e. The lowest BCUT2D eigenvalue weighted by Crippen LogP contribution is -2.21. The highest BCUT2D eigenvalue weighted by Gasteiger charge is 2.39. The van der Waals surface area contributed by atoms with Crippen LogP contribution in [0, 0.1) is 17.8 Å². The molecule has 0 aromatic heterocycles. The molecule has 1 fully saturated rings. The van der Waals surface area contributed by atoms with Crippen LogP contribution in [-0.2, 0) is 18.6 Å². The average molecular weight is 459 g/mol. The second-order valence-corrected chi connectivity index (χ2v) is 8.10. The fourth-order valence-corrected chi connectivity index (χ4v) is 4.31. The first-order valence-corrected chi connectivity index (χ1v) is 10.8. The molecule has 8 heteroatoms. The van der Waals surface area contributed by atoms with Gasteiger partial charge in [0, 0.05) is 36.0 Å². The standard InChI is InChI=1S/C21H29ClO5P2/c1-14-11-20(27-29)19(18(14)7-4-8-21(23)24-2)10-9-17(26-28)13-25-16-6-3-5-15(22)12-16/h3-6,8-10,12,14,17-20H,7,11,13,28-29H2,1-2H3/b8-4-,10-9+/t14-,17?,18-,19+,20?/m0/s1. The Morgan fingerprint density at radius 2 is 2.17 bits per heavy atom. The molecule has 0 heterocycles. The van der Waals surface area contributed by atoms with E-state index >= 15 is 0 Å². The third-order valence-corrected chi connectivity index (χ3v) is 6.16. The number of methoxy groups -OCH3 is 1. The van der Waals surface area contributed by atoms with Crippen molar-refractivity contribution in [3.05, 3.63) is 53.6 Å². The summed E-state index contributed by atoms with van der Waals surface area (Å²) in [5.41, 5.74) is 0. The van der Waals surface area contributed by atoms with E-state index in [2.05, 4.69) is 36.7 Å². The van der Waals surface area contributed by atoms with E-state index in [-0.39, 0.29) is 24.1 Å². The van der Waals surface area contributed by atoms with Gasteiger partial charge < -0.3 is 18.5 Å². The van der Waals surface area contributed by atoms with Gasteiger partial charge in [-0.1, -0.05) is 42.8 Å². The molecule has 1 aromatic carbocycles. The predicted molar refractivity (Wildman–Crippen MR) is 122 cm³/mol. The lowest BCUT2D eigenvalue weighted by molar-refractivity contribution is -0.134. The number of halogens is 1. The fourth-order valence-electron chi connectivity index (χ4n) is 3.67. The maximum Gasteiger partial charge on any atom is 0.330 e. The van der Waals surface area contributed by atoms with E-state index < -0.39 is 0 Å². The second kappa shape index (κ2) is 12.7. The van der Waals surface area contributed by atoms with Crippen LogP contribution in [0.4, 0.5) is 0 Å². The Hall–Kier alpha value is -0.960. The van der Waals surface area contributed by atoms with Crippen molar-refractivity contribution in [3.63, 3.8) is 0 Å². The van der Waals surface area contributed by atoms with Gasteiger partial charge in [0.2, 0.25) is 0 Å². The molecule has 0 bridgehead atoms. The first-order chi connectivity index (χ1) is 14.0. The first-order valence-electron chi connectivity index (χ1n) is 9.50. The molecule has 0 N–H and O–H groups in total. The van der Waals surface area contributed by atoms with Crippen LogP contribution in [-0.4, -0.2) is 31.9 Å². The van der Waals surface area contributed by atoms with Crippen LogP contribution >= 0.6 is 30.5 Å². The maximum atomic E-state index is 11.3. The summed E-state index contributed by atoms with van der Waals surface area (Å²) in [7, 11) is 6.05. The highest BCUT2D eigenvalue weighted by molar-refractivity contribution is 7.10. The first kappa shape index (κ1) is 24.3. The molecule has 1 aliphatic carbocycles. The number of carbonyl (C=O) groups is 1. The summed E-state index contributed by atoms with van der Waals surface area (Å²) in [5, 5.41) is 0.629. The van der Waals surface area contributed by atoms with Gasteiger partial charge in [0.15, 0.2) is 0 Å². The zero-order valence-corrected chi connectivity index (χ0v) is 19.8.